The summed E-state index contributed by atoms with van der Waals surface area (Å²) in [5, 5.41) is 20.3. The van der Waals surface area contributed by atoms with Gasteiger partial charge in [0.1, 0.15) is 12.2 Å². The number of carboxylic acid groups (broad SMARTS) is 1. The fourth-order valence-electron chi connectivity index (χ4n) is 1.49. The Kier molecular flexibility index (Phi) is 3.56. The van der Waals surface area contributed by atoms with Gasteiger partial charge in [0.15, 0.2) is 10.8 Å². The third kappa shape index (κ3) is 2.65. The SMILES string of the molecule is Cc1sc(NCCc2nncn2C)nc1C(=O)O. The molecule has 0 atom stereocenters. The number of nitrogens with one attached hydrogen (secondary N) is 1. The van der Waals surface area contributed by atoms with Crippen molar-refractivity contribution >= 4 is 22.4 Å². The van der Waals surface area contributed by atoms with Crippen molar-refractivity contribution in [2.24, 2.45) is 7.05 Å². The first-order valence-corrected chi connectivity index (χ1v) is 6.17. The molecular formula is C10H13N5O2S. The van der Waals surface area contributed by atoms with Crippen LogP contribution in [0.1, 0.15) is 21.2 Å². The fraction of sp³-hybridized carbons (Fsp3) is 0.400. The molecule has 0 aliphatic carbocycles. The number of carbonyl (C=O) groups is 1. The fourth-order valence-corrected chi connectivity index (χ4v) is 2.32. The molecule has 2 N–H and O–H groups in total. The minimum absolute atomic E-state index is 0.112. The van der Waals surface area contributed by atoms with Gasteiger partial charge in [-0.1, -0.05) is 0 Å². The normalized spacial score (nSPS) is 10.6. The first-order chi connectivity index (χ1) is 8.58. The van der Waals surface area contributed by atoms with E-state index in [1.54, 1.807) is 13.3 Å². The molecule has 0 saturated carbocycles. The van der Waals surface area contributed by atoms with Crippen LogP contribution in [0.3, 0.4) is 0 Å². The van der Waals surface area contributed by atoms with Gasteiger partial charge in [0.05, 0.1) is 0 Å². The highest BCUT2D eigenvalue weighted by molar-refractivity contribution is 7.15. The molecule has 8 heteroatoms. The van der Waals surface area contributed by atoms with E-state index in [2.05, 4.69) is 20.5 Å². The summed E-state index contributed by atoms with van der Waals surface area (Å²) in [7, 11) is 1.88. The van der Waals surface area contributed by atoms with E-state index in [1.807, 2.05) is 11.6 Å². The molecule has 2 heterocycles. The van der Waals surface area contributed by atoms with Crippen LogP contribution in [-0.2, 0) is 13.5 Å². The molecule has 18 heavy (non-hydrogen) atoms. The predicted molar refractivity (Wildman–Crippen MR) is 67.0 cm³/mol. The summed E-state index contributed by atoms with van der Waals surface area (Å²) in [5.74, 6) is -0.126. The van der Waals surface area contributed by atoms with Crippen LogP contribution in [-0.4, -0.2) is 37.4 Å². The molecule has 7 nitrogen and oxygen atoms in total. The number of carboxylic acids is 1. The molecule has 0 unspecified atom stereocenters. The Morgan fingerprint density at radius 3 is 2.94 bits per heavy atom. The minimum atomic E-state index is -0.995. The molecule has 0 aliphatic rings. The Hall–Kier alpha value is -1.96. The summed E-state index contributed by atoms with van der Waals surface area (Å²) in [6.07, 6.45) is 2.35. The number of anilines is 1. The third-order valence-corrected chi connectivity index (χ3v) is 3.36. The van der Waals surface area contributed by atoms with Gasteiger partial charge in [-0.05, 0) is 6.92 Å². The largest absolute Gasteiger partial charge is 0.476 e. The lowest BCUT2D eigenvalue weighted by Crippen LogP contribution is -2.08. The zero-order chi connectivity index (χ0) is 13.1. The molecule has 96 valence electrons. The molecule has 0 amide bonds. The van der Waals surface area contributed by atoms with Gasteiger partial charge < -0.3 is 15.0 Å². The van der Waals surface area contributed by atoms with Crippen molar-refractivity contribution in [3.05, 3.63) is 22.7 Å². The van der Waals surface area contributed by atoms with Crippen LogP contribution in [0.25, 0.3) is 0 Å². The molecule has 2 rings (SSSR count). The van der Waals surface area contributed by atoms with E-state index in [1.165, 1.54) is 11.3 Å². The highest BCUT2D eigenvalue weighted by atomic mass is 32.1. The van der Waals surface area contributed by atoms with Crippen molar-refractivity contribution in [2.75, 3.05) is 11.9 Å². The molecule has 0 spiro atoms. The van der Waals surface area contributed by atoms with E-state index < -0.39 is 5.97 Å². The summed E-state index contributed by atoms with van der Waals surface area (Å²) in [6.45, 7) is 2.38. The van der Waals surface area contributed by atoms with E-state index in [0.717, 1.165) is 5.82 Å². The van der Waals surface area contributed by atoms with Gasteiger partial charge in [-0.15, -0.1) is 21.5 Å². The second-order valence-corrected chi connectivity index (χ2v) is 4.97. The Morgan fingerprint density at radius 2 is 2.39 bits per heavy atom. The van der Waals surface area contributed by atoms with Gasteiger partial charge in [0.25, 0.3) is 0 Å². The highest BCUT2D eigenvalue weighted by Gasteiger charge is 2.13. The third-order valence-electron chi connectivity index (χ3n) is 2.43. The lowest BCUT2D eigenvalue weighted by atomic mass is 10.4. The van der Waals surface area contributed by atoms with Gasteiger partial charge in [-0.3, -0.25) is 0 Å². The highest BCUT2D eigenvalue weighted by Crippen LogP contribution is 2.21. The summed E-state index contributed by atoms with van der Waals surface area (Å²) >= 11 is 1.34. The maximum absolute atomic E-state index is 10.8. The summed E-state index contributed by atoms with van der Waals surface area (Å²) < 4.78 is 1.84. The van der Waals surface area contributed by atoms with Crippen molar-refractivity contribution < 1.29 is 9.90 Å². The number of hydrogen-bond donors (Lipinski definition) is 2. The van der Waals surface area contributed by atoms with Gasteiger partial charge in [0.2, 0.25) is 0 Å². The molecular weight excluding hydrogens is 254 g/mol. The lowest BCUT2D eigenvalue weighted by molar-refractivity contribution is 0.0690. The number of aromatic carboxylic acids is 1. The van der Waals surface area contributed by atoms with Crippen molar-refractivity contribution in [3.8, 4) is 0 Å². The number of thiazole rings is 1. The molecule has 2 aromatic rings. The number of aryl methyl sites for hydroxylation is 2. The van der Waals surface area contributed by atoms with E-state index in [-0.39, 0.29) is 5.69 Å². The number of nitrogens with zero attached hydrogens (tertiary/aromatic N) is 4. The van der Waals surface area contributed by atoms with Gasteiger partial charge in [-0.2, -0.15) is 0 Å². The van der Waals surface area contributed by atoms with Crippen LogP contribution in [0.5, 0.6) is 0 Å². The molecule has 0 saturated heterocycles. The van der Waals surface area contributed by atoms with E-state index in [0.29, 0.717) is 23.0 Å². The van der Waals surface area contributed by atoms with Crippen LogP contribution < -0.4 is 5.32 Å². The standard InChI is InChI=1S/C10H13N5O2S/c1-6-8(9(16)17)13-10(18-6)11-4-3-7-14-12-5-15(7)2/h5H,3-4H2,1-2H3,(H,11,13)(H,16,17). The topological polar surface area (TPSA) is 92.9 Å². The summed E-state index contributed by atoms with van der Waals surface area (Å²) in [6, 6.07) is 0. The van der Waals surface area contributed by atoms with Gasteiger partial charge in [0, 0.05) is 24.9 Å². The second-order valence-electron chi connectivity index (χ2n) is 3.76. The number of aromatic nitrogens is 4. The van der Waals surface area contributed by atoms with Crippen molar-refractivity contribution in [1.82, 2.24) is 19.7 Å². The van der Waals surface area contributed by atoms with E-state index in [9.17, 15) is 4.79 Å². The Labute approximate surface area is 108 Å². The maximum atomic E-state index is 10.8. The molecule has 0 radical (unpaired) electrons. The Bertz CT molecular complexity index is 562. The smallest absolute Gasteiger partial charge is 0.355 e. The molecule has 0 bridgehead atoms. The summed E-state index contributed by atoms with van der Waals surface area (Å²) in [4.78, 5) is 15.5. The monoisotopic (exact) mass is 267 g/mol. The van der Waals surface area contributed by atoms with Gasteiger partial charge in [-0.25, -0.2) is 9.78 Å². The molecule has 2 aromatic heterocycles. The van der Waals surface area contributed by atoms with Crippen LogP contribution in [0.2, 0.25) is 0 Å². The number of hydrogen-bond acceptors (Lipinski definition) is 6. The minimum Gasteiger partial charge on any atom is -0.476 e. The Balaban J connectivity index is 1.93. The predicted octanol–water partition coefficient (Wildman–Crippen LogP) is 0.933. The second kappa shape index (κ2) is 5.13. The molecule has 0 fully saturated rings. The number of rotatable bonds is 5. The van der Waals surface area contributed by atoms with Crippen LogP contribution in [0, 0.1) is 6.92 Å². The quantitative estimate of drug-likeness (QED) is 0.837. The Morgan fingerprint density at radius 1 is 1.61 bits per heavy atom. The zero-order valence-corrected chi connectivity index (χ0v) is 10.9. The van der Waals surface area contributed by atoms with Crippen LogP contribution in [0.15, 0.2) is 6.33 Å². The summed E-state index contributed by atoms with van der Waals surface area (Å²) in [5.41, 5.74) is 0.112. The first kappa shape index (κ1) is 12.5. The van der Waals surface area contributed by atoms with Crippen LogP contribution >= 0.6 is 11.3 Å². The van der Waals surface area contributed by atoms with Gasteiger partial charge >= 0.3 is 5.97 Å². The van der Waals surface area contributed by atoms with E-state index >= 15 is 0 Å². The average molecular weight is 267 g/mol. The van der Waals surface area contributed by atoms with Crippen LogP contribution in [0.4, 0.5) is 5.13 Å². The van der Waals surface area contributed by atoms with Crippen molar-refractivity contribution in [1.29, 1.82) is 0 Å². The molecule has 0 aliphatic heterocycles. The van der Waals surface area contributed by atoms with E-state index in [4.69, 9.17) is 5.11 Å². The van der Waals surface area contributed by atoms with Crippen molar-refractivity contribution in [3.63, 3.8) is 0 Å². The first-order valence-electron chi connectivity index (χ1n) is 5.35. The average Bonchev–Trinajstić information content (AvgIpc) is 2.86. The maximum Gasteiger partial charge on any atom is 0.355 e. The van der Waals surface area contributed by atoms with Crippen molar-refractivity contribution in [2.45, 2.75) is 13.3 Å². The molecule has 0 aromatic carbocycles. The lowest BCUT2D eigenvalue weighted by Gasteiger charge is -2.01. The zero-order valence-electron chi connectivity index (χ0n) is 10.0.